The number of hydrogen-bond acceptors (Lipinski definition) is 3. The van der Waals surface area contributed by atoms with Crippen molar-refractivity contribution in [3.8, 4) is 0 Å². The van der Waals surface area contributed by atoms with Gasteiger partial charge in [0.15, 0.2) is 0 Å². The number of nitrogens with one attached hydrogen (secondary N) is 1. The lowest BCUT2D eigenvalue weighted by molar-refractivity contribution is 0.0931. The van der Waals surface area contributed by atoms with E-state index in [1.54, 1.807) is 6.92 Å². The van der Waals surface area contributed by atoms with E-state index in [9.17, 15) is 17.6 Å². The standard InChI is InChI=1S/C13H18BrFN2O3S/c1-7(2)4-8(3)17-13(18)9-5-12(21(16,19)20)10(14)6-11(9)15/h5-8H,4H2,1-3H3,(H,17,18)(H2,16,19,20). The summed E-state index contributed by atoms with van der Waals surface area (Å²) in [5, 5.41) is 7.67. The second kappa shape index (κ2) is 6.85. The Labute approximate surface area is 132 Å². The van der Waals surface area contributed by atoms with Crippen LogP contribution in [-0.4, -0.2) is 20.4 Å². The van der Waals surface area contributed by atoms with E-state index in [4.69, 9.17) is 5.14 Å². The summed E-state index contributed by atoms with van der Waals surface area (Å²) < 4.78 is 36.6. The van der Waals surface area contributed by atoms with Gasteiger partial charge in [-0.3, -0.25) is 4.79 Å². The molecular weight excluding hydrogens is 363 g/mol. The van der Waals surface area contributed by atoms with Gasteiger partial charge in [0.25, 0.3) is 5.91 Å². The van der Waals surface area contributed by atoms with E-state index in [1.165, 1.54) is 0 Å². The second-order valence-electron chi connectivity index (χ2n) is 5.31. The monoisotopic (exact) mass is 380 g/mol. The molecule has 118 valence electrons. The Morgan fingerprint density at radius 2 is 1.95 bits per heavy atom. The van der Waals surface area contributed by atoms with Crippen LogP contribution in [0, 0.1) is 11.7 Å². The minimum atomic E-state index is -4.05. The summed E-state index contributed by atoms with van der Waals surface area (Å²) in [5.74, 6) is -1.11. The van der Waals surface area contributed by atoms with Crippen LogP contribution in [0.2, 0.25) is 0 Å². The third-order valence-electron chi connectivity index (χ3n) is 2.78. The Bertz CT molecular complexity index is 647. The highest BCUT2D eigenvalue weighted by Gasteiger charge is 2.21. The average Bonchev–Trinajstić information content (AvgIpc) is 2.24. The first-order chi connectivity index (χ1) is 9.52. The molecule has 21 heavy (non-hydrogen) atoms. The van der Waals surface area contributed by atoms with Crippen molar-refractivity contribution < 1.29 is 17.6 Å². The van der Waals surface area contributed by atoms with Gasteiger partial charge in [0, 0.05) is 10.5 Å². The molecule has 0 aliphatic heterocycles. The summed E-state index contributed by atoms with van der Waals surface area (Å²) in [6.45, 7) is 5.80. The fraction of sp³-hybridized carbons (Fsp3) is 0.462. The summed E-state index contributed by atoms with van der Waals surface area (Å²) >= 11 is 2.92. The van der Waals surface area contributed by atoms with Crippen molar-refractivity contribution in [3.05, 3.63) is 28.0 Å². The van der Waals surface area contributed by atoms with Crippen LogP contribution in [0.1, 0.15) is 37.6 Å². The normalized spacial score (nSPS) is 13.3. The predicted octanol–water partition coefficient (Wildman–Crippen LogP) is 2.40. The van der Waals surface area contributed by atoms with Gasteiger partial charge in [-0.25, -0.2) is 17.9 Å². The summed E-state index contributed by atoms with van der Waals surface area (Å²) in [6.07, 6.45) is 0.728. The molecule has 1 atom stereocenters. The molecule has 0 aliphatic carbocycles. The highest BCUT2D eigenvalue weighted by molar-refractivity contribution is 9.10. The maximum Gasteiger partial charge on any atom is 0.254 e. The molecule has 0 saturated heterocycles. The average molecular weight is 381 g/mol. The Balaban J connectivity index is 3.10. The van der Waals surface area contributed by atoms with Gasteiger partial charge in [0.1, 0.15) is 5.82 Å². The van der Waals surface area contributed by atoms with Crippen LogP contribution in [-0.2, 0) is 10.0 Å². The van der Waals surface area contributed by atoms with Crippen LogP contribution in [0.25, 0.3) is 0 Å². The molecule has 0 radical (unpaired) electrons. The summed E-state index contributed by atoms with van der Waals surface area (Å²) in [5.41, 5.74) is -0.349. The van der Waals surface area contributed by atoms with Crippen molar-refractivity contribution in [1.29, 1.82) is 0 Å². The van der Waals surface area contributed by atoms with E-state index < -0.39 is 21.7 Å². The molecule has 1 amide bonds. The zero-order valence-electron chi connectivity index (χ0n) is 12.0. The number of hydrogen-bond donors (Lipinski definition) is 2. The summed E-state index contributed by atoms with van der Waals surface area (Å²) in [4.78, 5) is 11.7. The minimum Gasteiger partial charge on any atom is -0.349 e. The largest absolute Gasteiger partial charge is 0.349 e. The molecule has 0 saturated carbocycles. The quantitative estimate of drug-likeness (QED) is 0.821. The number of primary sulfonamides is 1. The summed E-state index contributed by atoms with van der Waals surface area (Å²) in [6, 6.07) is 1.70. The number of amides is 1. The minimum absolute atomic E-state index is 0.0192. The van der Waals surface area contributed by atoms with Crippen LogP contribution < -0.4 is 10.5 Å². The highest BCUT2D eigenvalue weighted by atomic mass is 79.9. The molecule has 0 aliphatic rings. The fourth-order valence-corrected chi connectivity index (χ4v) is 3.59. The molecular formula is C13H18BrFN2O3S. The van der Waals surface area contributed by atoms with E-state index in [0.717, 1.165) is 18.6 Å². The second-order valence-corrected chi connectivity index (χ2v) is 7.70. The van der Waals surface area contributed by atoms with Gasteiger partial charge in [-0.05, 0) is 47.3 Å². The zero-order valence-corrected chi connectivity index (χ0v) is 14.4. The lowest BCUT2D eigenvalue weighted by atomic mass is 10.0. The van der Waals surface area contributed by atoms with E-state index in [2.05, 4.69) is 21.2 Å². The molecule has 0 spiro atoms. The van der Waals surface area contributed by atoms with Crippen molar-refractivity contribution in [3.63, 3.8) is 0 Å². The maximum absolute atomic E-state index is 13.9. The lowest BCUT2D eigenvalue weighted by Gasteiger charge is -2.16. The Morgan fingerprint density at radius 1 is 1.38 bits per heavy atom. The Kier molecular flexibility index (Phi) is 5.89. The van der Waals surface area contributed by atoms with E-state index >= 15 is 0 Å². The van der Waals surface area contributed by atoms with Crippen molar-refractivity contribution in [2.75, 3.05) is 0 Å². The lowest BCUT2D eigenvalue weighted by Crippen LogP contribution is -2.34. The number of carbonyl (C=O) groups excluding carboxylic acids is 1. The molecule has 3 N–H and O–H groups in total. The van der Waals surface area contributed by atoms with Crippen LogP contribution in [0.5, 0.6) is 0 Å². The number of halogens is 2. The van der Waals surface area contributed by atoms with Gasteiger partial charge in [0.05, 0.1) is 10.5 Å². The van der Waals surface area contributed by atoms with Gasteiger partial charge in [-0.15, -0.1) is 0 Å². The third-order valence-corrected chi connectivity index (χ3v) is 4.64. The van der Waals surface area contributed by atoms with E-state index in [1.807, 2.05) is 13.8 Å². The first-order valence-corrected chi connectivity index (χ1v) is 8.69. The molecule has 1 aromatic rings. The van der Waals surface area contributed by atoms with Crippen LogP contribution in [0.4, 0.5) is 4.39 Å². The van der Waals surface area contributed by atoms with Crippen LogP contribution in [0.3, 0.4) is 0 Å². The topological polar surface area (TPSA) is 89.3 Å². The number of benzene rings is 1. The predicted molar refractivity (Wildman–Crippen MR) is 81.9 cm³/mol. The molecule has 0 heterocycles. The van der Waals surface area contributed by atoms with E-state index in [-0.39, 0.29) is 21.0 Å². The van der Waals surface area contributed by atoms with Crippen molar-refractivity contribution in [1.82, 2.24) is 5.32 Å². The van der Waals surface area contributed by atoms with Crippen molar-refractivity contribution in [2.45, 2.75) is 38.1 Å². The van der Waals surface area contributed by atoms with Gasteiger partial charge in [-0.1, -0.05) is 13.8 Å². The molecule has 0 aromatic heterocycles. The SMILES string of the molecule is CC(C)CC(C)NC(=O)c1cc(S(N)(=O)=O)c(Br)cc1F. The van der Waals surface area contributed by atoms with Gasteiger partial charge in [0.2, 0.25) is 10.0 Å². The number of nitrogens with two attached hydrogens (primary N) is 1. The van der Waals surface area contributed by atoms with Gasteiger partial charge < -0.3 is 5.32 Å². The Hall–Kier alpha value is -0.990. The smallest absolute Gasteiger partial charge is 0.254 e. The maximum atomic E-state index is 13.9. The van der Waals surface area contributed by atoms with Crippen molar-refractivity contribution >= 4 is 31.9 Å². The molecule has 1 aromatic carbocycles. The number of sulfonamides is 1. The van der Waals surface area contributed by atoms with Gasteiger partial charge >= 0.3 is 0 Å². The summed E-state index contributed by atoms with van der Waals surface area (Å²) in [7, 11) is -4.05. The van der Waals surface area contributed by atoms with Crippen LogP contribution >= 0.6 is 15.9 Å². The number of rotatable bonds is 5. The molecule has 0 fully saturated rings. The molecule has 8 heteroatoms. The molecule has 1 rings (SSSR count). The molecule has 0 bridgehead atoms. The van der Waals surface area contributed by atoms with Crippen LogP contribution in [0.15, 0.2) is 21.5 Å². The zero-order chi connectivity index (χ0) is 16.4. The Morgan fingerprint density at radius 3 is 2.43 bits per heavy atom. The molecule has 5 nitrogen and oxygen atoms in total. The highest BCUT2D eigenvalue weighted by Crippen LogP contribution is 2.24. The van der Waals surface area contributed by atoms with Gasteiger partial charge in [-0.2, -0.15) is 0 Å². The first kappa shape index (κ1) is 18.1. The molecule has 1 unspecified atom stereocenters. The fourth-order valence-electron chi connectivity index (χ4n) is 1.99. The van der Waals surface area contributed by atoms with E-state index in [0.29, 0.717) is 5.92 Å². The number of carbonyl (C=O) groups is 1. The third kappa shape index (κ3) is 5.05. The first-order valence-electron chi connectivity index (χ1n) is 6.35. The van der Waals surface area contributed by atoms with Crippen molar-refractivity contribution in [2.24, 2.45) is 11.1 Å².